The van der Waals surface area contributed by atoms with Crippen molar-refractivity contribution in [1.82, 2.24) is 5.32 Å². The number of nitrogens with two attached hydrogens (primary N) is 1. The molecule has 0 heterocycles. The molecule has 0 radical (unpaired) electrons. The van der Waals surface area contributed by atoms with E-state index in [9.17, 15) is 4.79 Å². The first-order valence-corrected chi connectivity index (χ1v) is 5.55. The van der Waals surface area contributed by atoms with Crippen LogP contribution in [-0.4, -0.2) is 18.2 Å². The Labute approximate surface area is 99.8 Å². The summed E-state index contributed by atoms with van der Waals surface area (Å²) in [5, 5.41) is 2.77. The molecule has 0 aliphatic heterocycles. The Kier molecular flexibility index (Phi) is 3.61. The van der Waals surface area contributed by atoms with Crippen LogP contribution in [0.4, 0.5) is 4.79 Å². The fourth-order valence-electron chi connectivity index (χ4n) is 1.59. The number of carbonyl (C=O) groups is 1. The lowest BCUT2D eigenvalue weighted by molar-refractivity contribution is 0.0926. The topological polar surface area (TPSA) is 73.6 Å². The molecule has 3 N–H and O–H groups in total. The number of hydrogen-bond donors (Lipinski definition) is 2. The number of carbonyl (C=O) groups excluding carboxylic acids is 1. The standard InChI is InChI=1S/C12H16N2O3/c13-17-9-12(6-7-12)14-11(15)16-8-10-4-2-1-3-5-10/h1-5H,6-9,13H2,(H,14,15). The van der Waals surface area contributed by atoms with E-state index >= 15 is 0 Å². The van der Waals surface area contributed by atoms with Crippen LogP contribution in [0, 0.1) is 0 Å². The summed E-state index contributed by atoms with van der Waals surface area (Å²) in [5.41, 5.74) is 0.658. The van der Waals surface area contributed by atoms with Crippen molar-refractivity contribution in [1.29, 1.82) is 0 Å². The van der Waals surface area contributed by atoms with Gasteiger partial charge in [-0.3, -0.25) is 0 Å². The van der Waals surface area contributed by atoms with E-state index in [1.165, 1.54) is 0 Å². The number of amides is 1. The summed E-state index contributed by atoms with van der Waals surface area (Å²) in [4.78, 5) is 16.1. The zero-order chi connectivity index (χ0) is 12.1. The summed E-state index contributed by atoms with van der Waals surface area (Å²) >= 11 is 0. The highest BCUT2D eigenvalue weighted by Gasteiger charge is 2.44. The molecule has 1 aliphatic rings. The van der Waals surface area contributed by atoms with Crippen LogP contribution >= 0.6 is 0 Å². The summed E-state index contributed by atoms with van der Waals surface area (Å²) < 4.78 is 5.10. The zero-order valence-electron chi connectivity index (χ0n) is 9.52. The van der Waals surface area contributed by atoms with Gasteiger partial charge in [0.05, 0.1) is 12.1 Å². The predicted octanol–water partition coefficient (Wildman–Crippen LogP) is 1.34. The summed E-state index contributed by atoms with van der Waals surface area (Å²) in [7, 11) is 0. The van der Waals surface area contributed by atoms with Crippen LogP contribution < -0.4 is 11.2 Å². The van der Waals surface area contributed by atoms with Crippen molar-refractivity contribution in [3.63, 3.8) is 0 Å². The summed E-state index contributed by atoms with van der Waals surface area (Å²) in [6.07, 6.45) is 1.33. The number of rotatable bonds is 5. The Balaban J connectivity index is 1.75. The summed E-state index contributed by atoms with van der Waals surface area (Å²) in [5.74, 6) is 5.00. The Morgan fingerprint density at radius 3 is 2.65 bits per heavy atom. The van der Waals surface area contributed by atoms with E-state index in [-0.39, 0.29) is 12.1 Å². The Hall–Kier alpha value is -1.59. The van der Waals surface area contributed by atoms with Crippen LogP contribution in [0.1, 0.15) is 18.4 Å². The van der Waals surface area contributed by atoms with Gasteiger partial charge in [0, 0.05) is 0 Å². The molecule has 0 aromatic heterocycles. The van der Waals surface area contributed by atoms with Crippen LogP contribution in [-0.2, 0) is 16.2 Å². The van der Waals surface area contributed by atoms with Gasteiger partial charge in [-0.2, -0.15) is 0 Å². The highest BCUT2D eigenvalue weighted by molar-refractivity contribution is 5.69. The minimum atomic E-state index is -0.427. The third-order valence-corrected chi connectivity index (χ3v) is 2.79. The van der Waals surface area contributed by atoms with Gasteiger partial charge < -0.3 is 14.9 Å². The van der Waals surface area contributed by atoms with Gasteiger partial charge >= 0.3 is 6.09 Å². The molecule has 0 bridgehead atoms. The minimum Gasteiger partial charge on any atom is -0.445 e. The first-order chi connectivity index (χ1) is 8.24. The fraction of sp³-hybridized carbons (Fsp3) is 0.417. The number of benzene rings is 1. The van der Waals surface area contributed by atoms with Crippen molar-refractivity contribution in [2.45, 2.75) is 25.0 Å². The molecule has 5 heteroatoms. The SMILES string of the molecule is NOCC1(NC(=O)OCc2ccccc2)CC1. The van der Waals surface area contributed by atoms with Crippen molar-refractivity contribution in [2.24, 2.45) is 5.90 Å². The van der Waals surface area contributed by atoms with Gasteiger partial charge in [-0.15, -0.1) is 0 Å². The average Bonchev–Trinajstić information content (AvgIpc) is 3.08. The van der Waals surface area contributed by atoms with Gasteiger partial charge in [0.25, 0.3) is 0 Å². The average molecular weight is 236 g/mol. The van der Waals surface area contributed by atoms with Gasteiger partial charge in [-0.1, -0.05) is 30.3 Å². The lowest BCUT2D eigenvalue weighted by Gasteiger charge is -2.15. The second-order valence-electron chi connectivity index (χ2n) is 4.28. The lowest BCUT2D eigenvalue weighted by Crippen LogP contribution is -2.41. The fourth-order valence-corrected chi connectivity index (χ4v) is 1.59. The number of ether oxygens (including phenoxy) is 1. The molecule has 1 fully saturated rings. The van der Waals surface area contributed by atoms with Gasteiger partial charge in [0.1, 0.15) is 6.61 Å². The van der Waals surface area contributed by atoms with Crippen molar-refractivity contribution >= 4 is 6.09 Å². The molecule has 92 valence electrons. The normalized spacial score (nSPS) is 16.3. The molecule has 0 unspecified atom stereocenters. The third-order valence-electron chi connectivity index (χ3n) is 2.79. The lowest BCUT2D eigenvalue weighted by atomic mass is 10.2. The van der Waals surface area contributed by atoms with Crippen LogP contribution in [0.25, 0.3) is 0 Å². The van der Waals surface area contributed by atoms with Gasteiger partial charge in [0.2, 0.25) is 0 Å². The quantitative estimate of drug-likeness (QED) is 0.756. The van der Waals surface area contributed by atoms with Crippen molar-refractivity contribution < 1.29 is 14.4 Å². The van der Waals surface area contributed by atoms with E-state index in [1.54, 1.807) is 0 Å². The molecule has 1 amide bonds. The molecule has 0 atom stereocenters. The van der Waals surface area contributed by atoms with E-state index in [0.717, 1.165) is 18.4 Å². The smallest absolute Gasteiger partial charge is 0.407 e. The van der Waals surface area contributed by atoms with Crippen molar-refractivity contribution in [3.05, 3.63) is 35.9 Å². The second kappa shape index (κ2) is 5.16. The van der Waals surface area contributed by atoms with Crippen LogP contribution in [0.5, 0.6) is 0 Å². The third kappa shape index (κ3) is 3.44. The van der Waals surface area contributed by atoms with Gasteiger partial charge in [-0.05, 0) is 18.4 Å². The van der Waals surface area contributed by atoms with Crippen LogP contribution in [0.3, 0.4) is 0 Å². The van der Waals surface area contributed by atoms with Crippen molar-refractivity contribution in [3.8, 4) is 0 Å². The van der Waals surface area contributed by atoms with E-state index in [0.29, 0.717) is 6.61 Å². The molecule has 0 spiro atoms. The van der Waals surface area contributed by atoms with Crippen LogP contribution in [0.2, 0.25) is 0 Å². The highest BCUT2D eigenvalue weighted by Crippen LogP contribution is 2.35. The molecular formula is C12H16N2O3. The van der Waals surface area contributed by atoms with Crippen molar-refractivity contribution in [2.75, 3.05) is 6.61 Å². The molecule has 17 heavy (non-hydrogen) atoms. The second-order valence-corrected chi connectivity index (χ2v) is 4.28. The molecule has 1 aromatic rings. The highest BCUT2D eigenvalue weighted by atomic mass is 16.6. The molecule has 1 saturated carbocycles. The van der Waals surface area contributed by atoms with Crippen LogP contribution in [0.15, 0.2) is 30.3 Å². The Bertz CT molecular complexity index is 377. The van der Waals surface area contributed by atoms with E-state index in [4.69, 9.17) is 10.6 Å². The maximum absolute atomic E-state index is 11.5. The molecule has 2 rings (SSSR count). The van der Waals surface area contributed by atoms with Gasteiger partial charge in [-0.25, -0.2) is 10.7 Å². The van der Waals surface area contributed by atoms with E-state index in [2.05, 4.69) is 10.2 Å². The number of alkyl carbamates (subject to hydrolysis) is 1. The number of nitrogens with one attached hydrogen (secondary N) is 1. The molecule has 1 aliphatic carbocycles. The minimum absolute atomic E-state index is 0.270. The first kappa shape index (κ1) is 11.9. The monoisotopic (exact) mass is 236 g/mol. The largest absolute Gasteiger partial charge is 0.445 e. The van der Waals surface area contributed by atoms with E-state index < -0.39 is 6.09 Å². The first-order valence-electron chi connectivity index (χ1n) is 5.55. The summed E-state index contributed by atoms with van der Waals surface area (Å²) in [6.45, 7) is 0.597. The Morgan fingerprint density at radius 2 is 2.06 bits per heavy atom. The number of hydrogen-bond acceptors (Lipinski definition) is 4. The predicted molar refractivity (Wildman–Crippen MR) is 61.9 cm³/mol. The molecule has 1 aromatic carbocycles. The molecule has 5 nitrogen and oxygen atoms in total. The maximum Gasteiger partial charge on any atom is 0.407 e. The zero-order valence-corrected chi connectivity index (χ0v) is 9.52. The molecule has 0 saturated heterocycles. The van der Waals surface area contributed by atoms with Gasteiger partial charge in [0.15, 0.2) is 0 Å². The molecular weight excluding hydrogens is 220 g/mol. The summed E-state index contributed by atoms with van der Waals surface area (Å²) in [6, 6.07) is 9.54. The Morgan fingerprint density at radius 1 is 1.35 bits per heavy atom. The maximum atomic E-state index is 11.5. The van der Waals surface area contributed by atoms with E-state index in [1.807, 2.05) is 30.3 Å².